The molecular weight excluding hydrogens is 246 g/mol. The molecular formula is C14H21NO2S. The van der Waals surface area contributed by atoms with Gasteiger partial charge in [-0.25, -0.2) is 0 Å². The zero-order valence-electron chi connectivity index (χ0n) is 11.2. The van der Waals surface area contributed by atoms with E-state index in [1.54, 1.807) is 7.11 Å². The van der Waals surface area contributed by atoms with Gasteiger partial charge >= 0.3 is 0 Å². The van der Waals surface area contributed by atoms with Crippen molar-refractivity contribution in [2.45, 2.75) is 31.9 Å². The minimum absolute atomic E-state index is 0.210. The average Bonchev–Trinajstić information content (AvgIpc) is 2.21. The van der Waals surface area contributed by atoms with Crippen LogP contribution in [0.5, 0.6) is 11.5 Å². The standard InChI is InChI=1S/C14H21NO2S/c1-14(2,15)7-10-4-5-12(16-3)13(6-10)17-11-8-18-9-11/h4-6,11H,7-9,15H2,1-3H3. The highest BCUT2D eigenvalue weighted by atomic mass is 32.2. The molecule has 0 saturated carbocycles. The molecule has 1 heterocycles. The van der Waals surface area contributed by atoms with Gasteiger partial charge in [0.15, 0.2) is 11.5 Å². The van der Waals surface area contributed by atoms with E-state index >= 15 is 0 Å². The van der Waals surface area contributed by atoms with Crippen molar-refractivity contribution in [2.75, 3.05) is 18.6 Å². The normalized spacial score (nSPS) is 16.2. The summed E-state index contributed by atoms with van der Waals surface area (Å²) in [6.07, 6.45) is 1.15. The van der Waals surface area contributed by atoms with Crippen LogP contribution in [0.4, 0.5) is 0 Å². The SMILES string of the molecule is COc1ccc(CC(C)(C)N)cc1OC1CSC1. The molecule has 18 heavy (non-hydrogen) atoms. The Bertz CT molecular complexity index is 411. The van der Waals surface area contributed by atoms with Crippen LogP contribution in [0.25, 0.3) is 0 Å². The minimum atomic E-state index is -0.210. The molecule has 1 saturated heterocycles. The fourth-order valence-electron chi connectivity index (χ4n) is 1.91. The third-order valence-electron chi connectivity index (χ3n) is 2.79. The smallest absolute Gasteiger partial charge is 0.161 e. The first-order chi connectivity index (χ1) is 8.48. The molecule has 100 valence electrons. The zero-order valence-corrected chi connectivity index (χ0v) is 12.0. The van der Waals surface area contributed by atoms with Gasteiger partial charge in [-0.1, -0.05) is 6.07 Å². The molecule has 0 atom stereocenters. The van der Waals surface area contributed by atoms with E-state index in [-0.39, 0.29) is 5.54 Å². The molecule has 0 aliphatic carbocycles. The highest BCUT2D eigenvalue weighted by Gasteiger charge is 2.22. The molecule has 4 heteroatoms. The molecule has 0 spiro atoms. The third kappa shape index (κ3) is 3.56. The first-order valence-corrected chi connectivity index (χ1v) is 7.33. The maximum absolute atomic E-state index is 6.05. The Balaban J connectivity index is 2.15. The lowest BCUT2D eigenvalue weighted by Crippen LogP contribution is -2.34. The van der Waals surface area contributed by atoms with Crippen molar-refractivity contribution < 1.29 is 9.47 Å². The Morgan fingerprint density at radius 2 is 2.06 bits per heavy atom. The van der Waals surface area contributed by atoms with Crippen molar-refractivity contribution in [2.24, 2.45) is 5.73 Å². The maximum Gasteiger partial charge on any atom is 0.161 e. The van der Waals surface area contributed by atoms with Crippen LogP contribution in [0.2, 0.25) is 0 Å². The Kier molecular flexibility index (Phi) is 4.07. The van der Waals surface area contributed by atoms with Crippen LogP contribution in [0.15, 0.2) is 18.2 Å². The van der Waals surface area contributed by atoms with Gasteiger partial charge < -0.3 is 15.2 Å². The molecule has 0 bridgehead atoms. The second-order valence-corrected chi connectivity index (χ2v) is 6.50. The summed E-state index contributed by atoms with van der Waals surface area (Å²) in [6.45, 7) is 4.06. The van der Waals surface area contributed by atoms with Crippen molar-refractivity contribution in [3.8, 4) is 11.5 Å². The number of methoxy groups -OCH3 is 1. The summed E-state index contributed by atoms with van der Waals surface area (Å²) >= 11 is 1.91. The topological polar surface area (TPSA) is 44.5 Å². The van der Waals surface area contributed by atoms with E-state index < -0.39 is 0 Å². The molecule has 1 fully saturated rings. The van der Waals surface area contributed by atoms with Gasteiger partial charge in [0.25, 0.3) is 0 Å². The minimum Gasteiger partial charge on any atom is -0.493 e. The van der Waals surface area contributed by atoms with E-state index in [1.165, 1.54) is 5.56 Å². The predicted octanol–water partition coefficient (Wildman–Crippen LogP) is 2.47. The van der Waals surface area contributed by atoms with Gasteiger partial charge in [-0.05, 0) is 38.0 Å². The number of hydrogen-bond donors (Lipinski definition) is 1. The largest absolute Gasteiger partial charge is 0.493 e. The molecule has 0 radical (unpaired) electrons. The summed E-state index contributed by atoms with van der Waals surface area (Å²) < 4.78 is 11.3. The highest BCUT2D eigenvalue weighted by molar-refractivity contribution is 8.00. The number of thioether (sulfide) groups is 1. The average molecular weight is 267 g/mol. The molecule has 0 amide bonds. The summed E-state index contributed by atoms with van der Waals surface area (Å²) in [5.41, 5.74) is 7.03. The lowest BCUT2D eigenvalue weighted by atomic mass is 9.96. The molecule has 1 aromatic rings. The van der Waals surface area contributed by atoms with Crippen LogP contribution in [0.1, 0.15) is 19.4 Å². The number of ether oxygens (including phenoxy) is 2. The van der Waals surface area contributed by atoms with Crippen molar-refractivity contribution in [3.63, 3.8) is 0 Å². The number of hydrogen-bond acceptors (Lipinski definition) is 4. The van der Waals surface area contributed by atoms with E-state index in [2.05, 4.69) is 12.1 Å². The van der Waals surface area contributed by atoms with Crippen molar-refractivity contribution >= 4 is 11.8 Å². The second-order valence-electron chi connectivity index (χ2n) is 5.43. The van der Waals surface area contributed by atoms with E-state index in [0.29, 0.717) is 6.10 Å². The fourth-order valence-corrected chi connectivity index (χ4v) is 2.48. The fraction of sp³-hybridized carbons (Fsp3) is 0.571. The van der Waals surface area contributed by atoms with Crippen molar-refractivity contribution in [1.82, 2.24) is 0 Å². The van der Waals surface area contributed by atoms with Crippen LogP contribution in [0, 0.1) is 0 Å². The van der Waals surface area contributed by atoms with Gasteiger partial charge in [0.1, 0.15) is 6.10 Å². The highest BCUT2D eigenvalue weighted by Crippen LogP contribution is 2.32. The lowest BCUT2D eigenvalue weighted by molar-refractivity contribution is 0.228. The molecule has 2 rings (SSSR count). The predicted molar refractivity (Wildman–Crippen MR) is 76.7 cm³/mol. The summed E-state index contributed by atoms with van der Waals surface area (Å²) in [5, 5.41) is 0. The first-order valence-electron chi connectivity index (χ1n) is 6.18. The number of rotatable bonds is 5. The monoisotopic (exact) mass is 267 g/mol. The van der Waals surface area contributed by atoms with E-state index in [1.807, 2.05) is 31.7 Å². The molecule has 1 aliphatic rings. The van der Waals surface area contributed by atoms with Gasteiger partial charge in [0.2, 0.25) is 0 Å². The quantitative estimate of drug-likeness (QED) is 0.890. The van der Waals surface area contributed by atoms with E-state index in [0.717, 1.165) is 29.4 Å². The van der Waals surface area contributed by atoms with Gasteiger partial charge in [0.05, 0.1) is 7.11 Å². The molecule has 0 aromatic heterocycles. The summed E-state index contributed by atoms with van der Waals surface area (Å²) in [5.74, 6) is 3.76. The van der Waals surface area contributed by atoms with E-state index in [4.69, 9.17) is 15.2 Å². The van der Waals surface area contributed by atoms with Gasteiger partial charge in [-0.3, -0.25) is 0 Å². The summed E-state index contributed by atoms with van der Waals surface area (Å²) in [7, 11) is 1.67. The van der Waals surface area contributed by atoms with Crippen LogP contribution < -0.4 is 15.2 Å². The van der Waals surface area contributed by atoms with Crippen molar-refractivity contribution in [1.29, 1.82) is 0 Å². The molecule has 0 unspecified atom stereocenters. The second kappa shape index (κ2) is 5.41. The van der Waals surface area contributed by atoms with Crippen molar-refractivity contribution in [3.05, 3.63) is 23.8 Å². The van der Waals surface area contributed by atoms with Crippen LogP contribution in [-0.4, -0.2) is 30.3 Å². The Hall–Kier alpha value is -0.870. The maximum atomic E-state index is 6.05. The third-order valence-corrected chi connectivity index (χ3v) is 4.00. The molecule has 3 nitrogen and oxygen atoms in total. The zero-order chi connectivity index (χ0) is 13.2. The molecule has 1 aliphatic heterocycles. The van der Waals surface area contributed by atoms with Gasteiger partial charge in [-0.2, -0.15) is 11.8 Å². The summed E-state index contributed by atoms with van der Waals surface area (Å²) in [4.78, 5) is 0. The first kappa shape index (κ1) is 13.6. The Labute approximate surface area is 113 Å². The molecule has 1 aromatic carbocycles. The van der Waals surface area contributed by atoms with Gasteiger partial charge in [0, 0.05) is 17.0 Å². The molecule has 2 N–H and O–H groups in total. The summed E-state index contributed by atoms with van der Waals surface area (Å²) in [6, 6.07) is 6.06. The van der Waals surface area contributed by atoms with E-state index in [9.17, 15) is 0 Å². The number of nitrogens with two attached hydrogens (primary N) is 1. The van der Waals surface area contributed by atoms with Gasteiger partial charge in [-0.15, -0.1) is 0 Å². The number of benzene rings is 1. The van der Waals surface area contributed by atoms with Crippen LogP contribution in [0.3, 0.4) is 0 Å². The van der Waals surface area contributed by atoms with Crippen LogP contribution in [-0.2, 0) is 6.42 Å². The Morgan fingerprint density at radius 3 is 2.56 bits per heavy atom. The van der Waals surface area contributed by atoms with Crippen LogP contribution >= 0.6 is 11.8 Å². The lowest BCUT2D eigenvalue weighted by Gasteiger charge is -2.27. The Morgan fingerprint density at radius 1 is 1.33 bits per heavy atom.